The number of hydrogen-bond acceptors (Lipinski definition) is 3. The van der Waals surface area contributed by atoms with Gasteiger partial charge in [-0.2, -0.15) is 0 Å². The molecule has 36 heavy (non-hydrogen) atoms. The summed E-state index contributed by atoms with van der Waals surface area (Å²) >= 11 is 10.9. The Balaban J connectivity index is 1.86. The van der Waals surface area contributed by atoms with Gasteiger partial charge in [-0.1, -0.05) is 76.1 Å². The molecule has 0 aromatic heterocycles. The monoisotopic (exact) mass is 590 g/mol. The zero-order chi connectivity index (χ0) is 26.1. The van der Waals surface area contributed by atoms with E-state index in [-0.39, 0.29) is 35.9 Å². The Labute approximate surface area is 229 Å². The number of hydrogen-bond donors (Lipinski definition) is 1. The van der Waals surface area contributed by atoms with Crippen LogP contribution in [0.25, 0.3) is 0 Å². The molecule has 1 atom stereocenters. The maximum Gasteiger partial charge on any atom is 0.243 e. The van der Waals surface area contributed by atoms with Gasteiger partial charge in [-0.3, -0.25) is 9.59 Å². The summed E-state index contributed by atoms with van der Waals surface area (Å²) in [7, 11) is 0. The summed E-state index contributed by atoms with van der Waals surface area (Å²) in [6.45, 7) is 4.06. The highest BCUT2D eigenvalue weighted by Crippen LogP contribution is 2.25. The lowest BCUT2D eigenvalue weighted by Crippen LogP contribution is -2.52. The Morgan fingerprint density at radius 3 is 2.33 bits per heavy atom. The maximum absolute atomic E-state index is 14.2. The molecule has 0 saturated heterocycles. The van der Waals surface area contributed by atoms with Crippen LogP contribution in [0.5, 0.6) is 0 Å². The lowest BCUT2D eigenvalue weighted by Gasteiger charge is -2.32. The van der Waals surface area contributed by atoms with Crippen molar-refractivity contribution in [2.24, 2.45) is 0 Å². The van der Waals surface area contributed by atoms with Gasteiger partial charge in [0.05, 0.1) is 5.75 Å². The number of nitrogens with one attached hydrogen (secondary N) is 1. The fourth-order valence-corrected chi connectivity index (χ4v) is 5.23. The second kappa shape index (κ2) is 13.8. The Hall–Kier alpha value is -2.35. The molecule has 1 N–H and O–H groups in total. The second-order valence-corrected chi connectivity index (χ2v) is 11.0. The van der Waals surface area contributed by atoms with E-state index in [9.17, 15) is 14.0 Å². The zero-order valence-electron chi connectivity index (χ0n) is 20.2. The van der Waals surface area contributed by atoms with Crippen LogP contribution in [0.2, 0.25) is 5.02 Å². The third-order valence-electron chi connectivity index (χ3n) is 5.50. The number of thioether (sulfide) groups is 1. The predicted octanol–water partition coefficient (Wildman–Crippen LogP) is 6.64. The number of rotatable bonds is 11. The molecule has 3 aromatic rings. The molecule has 3 rings (SSSR count). The summed E-state index contributed by atoms with van der Waals surface area (Å²) < 4.78 is 15.1. The quantitative estimate of drug-likeness (QED) is 0.272. The number of carbonyl (C=O) groups is 2. The van der Waals surface area contributed by atoms with E-state index < -0.39 is 11.9 Å². The van der Waals surface area contributed by atoms with E-state index >= 15 is 0 Å². The normalized spacial score (nSPS) is 11.8. The molecule has 0 bridgehead atoms. The van der Waals surface area contributed by atoms with E-state index in [1.54, 1.807) is 17.0 Å². The molecule has 0 unspecified atom stereocenters. The van der Waals surface area contributed by atoms with Gasteiger partial charge in [-0.15, -0.1) is 11.8 Å². The maximum atomic E-state index is 14.2. The topological polar surface area (TPSA) is 49.4 Å². The van der Waals surface area contributed by atoms with Crippen LogP contribution in [0.1, 0.15) is 30.5 Å². The summed E-state index contributed by atoms with van der Waals surface area (Å²) in [5.41, 5.74) is 2.24. The minimum absolute atomic E-state index is 0.0713. The van der Waals surface area contributed by atoms with Crippen molar-refractivity contribution in [1.82, 2.24) is 10.2 Å². The first-order valence-corrected chi connectivity index (χ1v) is 14.0. The van der Waals surface area contributed by atoms with E-state index in [1.165, 1.54) is 17.8 Å². The Morgan fingerprint density at radius 1 is 1.00 bits per heavy atom. The van der Waals surface area contributed by atoms with Gasteiger partial charge in [-0.25, -0.2) is 4.39 Å². The Kier molecular flexibility index (Phi) is 10.8. The molecule has 4 nitrogen and oxygen atoms in total. The van der Waals surface area contributed by atoms with Gasteiger partial charge < -0.3 is 10.2 Å². The first kappa shape index (κ1) is 28.2. The predicted molar refractivity (Wildman–Crippen MR) is 149 cm³/mol. The lowest BCUT2D eigenvalue weighted by atomic mass is 10.0. The molecule has 0 saturated carbocycles. The summed E-state index contributed by atoms with van der Waals surface area (Å²) in [4.78, 5) is 28.6. The average molecular weight is 592 g/mol. The fraction of sp³-hybridized carbons (Fsp3) is 0.286. The summed E-state index contributed by atoms with van der Waals surface area (Å²) in [6.07, 6.45) is 0.380. The van der Waals surface area contributed by atoms with Crippen LogP contribution in [0, 0.1) is 5.82 Å². The third kappa shape index (κ3) is 8.36. The summed E-state index contributed by atoms with van der Waals surface area (Å²) in [6, 6.07) is 21.1. The SMILES string of the molecule is CC(C)NC(=O)[C@@H](Cc1ccccc1)N(Cc1ccc(Br)cc1)C(=O)CSCc1c(F)cccc1Cl. The lowest BCUT2D eigenvalue weighted by molar-refractivity contribution is -0.139. The van der Waals surface area contributed by atoms with Crippen molar-refractivity contribution in [3.8, 4) is 0 Å². The van der Waals surface area contributed by atoms with Crippen LogP contribution >= 0.6 is 39.3 Å². The number of benzene rings is 3. The van der Waals surface area contributed by atoms with E-state index in [0.717, 1.165) is 15.6 Å². The number of nitrogens with zero attached hydrogens (tertiary/aromatic N) is 1. The number of amides is 2. The summed E-state index contributed by atoms with van der Waals surface area (Å²) in [5, 5.41) is 3.31. The molecule has 0 spiro atoms. The molecule has 0 aliphatic rings. The Morgan fingerprint density at radius 2 is 1.69 bits per heavy atom. The smallest absolute Gasteiger partial charge is 0.243 e. The van der Waals surface area contributed by atoms with Crippen LogP contribution in [0.3, 0.4) is 0 Å². The van der Waals surface area contributed by atoms with Crippen molar-refractivity contribution >= 4 is 51.1 Å². The number of halogens is 3. The van der Waals surface area contributed by atoms with Crippen LogP contribution in [0.4, 0.5) is 4.39 Å². The molecule has 0 aliphatic carbocycles. The minimum atomic E-state index is -0.705. The standard InChI is InChI=1S/C28H29BrClFN2O2S/c1-19(2)32-28(35)26(15-20-7-4-3-5-8-20)33(16-21-11-13-22(29)14-12-21)27(34)18-36-17-23-24(30)9-6-10-25(23)31/h3-14,19,26H,15-18H2,1-2H3,(H,32,35)/t26-/m1/s1. The molecule has 0 heterocycles. The largest absolute Gasteiger partial charge is 0.352 e. The minimum Gasteiger partial charge on any atom is -0.352 e. The fourth-order valence-electron chi connectivity index (χ4n) is 3.71. The van der Waals surface area contributed by atoms with Crippen molar-refractivity contribution in [1.29, 1.82) is 0 Å². The van der Waals surface area contributed by atoms with E-state index in [0.29, 0.717) is 17.0 Å². The molecule has 2 amide bonds. The van der Waals surface area contributed by atoms with Crippen molar-refractivity contribution in [3.63, 3.8) is 0 Å². The van der Waals surface area contributed by atoms with Gasteiger partial charge >= 0.3 is 0 Å². The van der Waals surface area contributed by atoms with Gasteiger partial charge in [0, 0.05) is 39.8 Å². The van der Waals surface area contributed by atoms with Gasteiger partial charge in [0.25, 0.3) is 0 Å². The highest BCUT2D eigenvalue weighted by atomic mass is 79.9. The van der Waals surface area contributed by atoms with Crippen LogP contribution in [-0.4, -0.2) is 34.6 Å². The van der Waals surface area contributed by atoms with E-state index in [4.69, 9.17) is 11.6 Å². The molecule has 190 valence electrons. The van der Waals surface area contributed by atoms with Crippen LogP contribution in [-0.2, 0) is 28.3 Å². The van der Waals surface area contributed by atoms with Crippen molar-refractivity contribution < 1.29 is 14.0 Å². The van der Waals surface area contributed by atoms with Crippen molar-refractivity contribution in [2.45, 2.75) is 44.6 Å². The third-order valence-corrected chi connectivity index (χ3v) is 7.33. The Bertz CT molecular complexity index is 1140. The van der Waals surface area contributed by atoms with Crippen LogP contribution in [0.15, 0.2) is 77.3 Å². The molecule has 0 aliphatic heterocycles. The molecule has 8 heteroatoms. The van der Waals surface area contributed by atoms with Gasteiger partial charge in [0.15, 0.2) is 0 Å². The average Bonchev–Trinajstić information content (AvgIpc) is 2.84. The first-order valence-electron chi connectivity index (χ1n) is 11.6. The zero-order valence-corrected chi connectivity index (χ0v) is 23.4. The van der Waals surface area contributed by atoms with Gasteiger partial charge in [-0.05, 0) is 49.2 Å². The molecule has 0 radical (unpaired) electrons. The molecule has 0 fully saturated rings. The van der Waals surface area contributed by atoms with E-state index in [1.807, 2.05) is 68.4 Å². The highest BCUT2D eigenvalue weighted by Gasteiger charge is 2.30. The van der Waals surface area contributed by atoms with Crippen molar-refractivity contribution in [2.75, 3.05) is 5.75 Å². The van der Waals surface area contributed by atoms with Crippen molar-refractivity contribution in [3.05, 3.63) is 105 Å². The highest BCUT2D eigenvalue weighted by molar-refractivity contribution is 9.10. The molecule has 3 aromatic carbocycles. The van der Waals surface area contributed by atoms with Crippen LogP contribution < -0.4 is 5.32 Å². The van der Waals surface area contributed by atoms with E-state index in [2.05, 4.69) is 21.2 Å². The number of carbonyl (C=O) groups excluding carboxylic acids is 2. The molecular weight excluding hydrogens is 563 g/mol. The molecular formula is C28H29BrClFN2O2S. The van der Waals surface area contributed by atoms with Gasteiger partial charge in [0.1, 0.15) is 11.9 Å². The first-order chi connectivity index (χ1) is 17.2. The van der Waals surface area contributed by atoms with Gasteiger partial charge in [0.2, 0.25) is 11.8 Å². The second-order valence-electron chi connectivity index (χ2n) is 8.71. The summed E-state index contributed by atoms with van der Waals surface area (Å²) in [5.74, 6) is -0.462.